The molecule has 6 heteroatoms. The number of hydrazine groups is 1. The van der Waals surface area contributed by atoms with Crippen LogP contribution in [-0.2, 0) is 0 Å². The molecular formula is C12H18N4OS. The maximum atomic E-state index is 5.90. The van der Waals surface area contributed by atoms with Gasteiger partial charge in [0.25, 0.3) is 0 Å². The molecule has 0 radical (unpaired) electrons. The van der Waals surface area contributed by atoms with Gasteiger partial charge in [0.1, 0.15) is 4.83 Å². The van der Waals surface area contributed by atoms with E-state index >= 15 is 0 Å². The van der Waals surface area contributed by atoms with Gasteiger partial charge in [0.15, 0.2) is 0 Å². The van der Waals surface area contributed by atoms with E-state index in [1.165, 1.54) is 0 Å². The third-order valence-corrected chi connectivity index (χ3v) is 3.34. The SMILES string of the molecule is CC(C)CC(C)Oc1nc(NN)nc2sccc12. The van der Waals surface area contributed by atoms with Crippen LogP contribution in [0.3, 0.4) is 0 Å². The van der Waals surface area contributed by atoms with Gasteiger partial charge >= 0.3 is 0 Å². The molecule has 0 aliphatic heterocycles. The molecule has 1 unspecified atom stereocenters. The molecule has 0 saturated carbocycles. The Kier molecular flexibility index (Phi) is 3.98. The van der Waals surface area contributed by atoms with Crippen molar-refractivity contribution in [3.8, 4) is 5.88 Å². The van der Waals surface area contributed by atoms with Gasteiger partial charge in [-0.25, -0.2) is 10.8 Å². The van der Waals surface area contributed by atoms with E-state index in [0.717, 1.165) is 16.6 Å². The molecule has 98 valence electrons. The summed E-state index contributed by atoms with van der Waals surface area (Å²) in [6.45, 7) is 6.40. The monoisotopic (exact) mass is 266 g/mol. The van der Waals surface area contributed by atoms with Crippen molar-refractivity contribution in [3.05, 3.63) is 11.4 Å². The second-order valence-electron chi connectivity index (χ2n) is 4.69. The van der Waals surface area contributed by atoms with Gasteiger partial charge in [-0.05, 0) is 30.7 Å². The third kappa shape index (κ3) is 2.88. The fourth-order valence-corrected chi connectivity index (χ4v) is 2.64. The average molecular weight is 266 g/mol. The molecule has 3 N–H and O–H groups in total. The smallest absolute Gasteiger partial charge is 0.241 e. The van der Waals surface area contributed by atoms with Crippen LogP contribution in [0.2, 0.25) is 0 Å². The average Bonchev–Trinajstić information content (AvgIpc) is 2.75. The molecular weight excluding hydrogens is 248 g/mol. The first kappa shape index (κ1) is 13.0. The zero-order valence-corrected chi connectivity index (χ0v) is 11.6. The molecule has 1 atom stereocenters. The number of rotatable bonds is 5. The number of aromatic nitrogens is 2. The molecule has 5 nitrogen and oxygen atoms in total. The molecule has 0 spiro atoms. The number of hydrogen-bond acceptors (Lipinski definition) is 6. The summed E-state index contributed by atoms with van der Waals surface area (Å²) >= 11 is 1.55. The van der Waals surface area contributed by atoms with Crippen LogP contribution < -0.4 is 16.0 Å². The molecule has 2 heterocycles. The summed E-state index contributed by atoms with van der Waals surface area (Å²) in [5.74, 6) is 6.94. The van der Waals surface area contributed by atoms with Crippen molar-refractivity contribution in [2.45, 2.75) is 33.3 Å². The normalized spacial score (nSPS) is 12.9. The summed E-state index contributed by atoms with van der Waals surface area (Å²) in [5, 5.41) is 2.91. The molecule has 0 bridgehead atoms. The number of nitrogens with one attached hydrogen (secondary N) is 1. The molecule has 0 aliphatic carbocycles. The maximum Gasteiger partial charge on any atom is 0.241 e. The lowest BCUT2D eigenvalue weighted by Gasteiger charge is -2.16. The van der Waals surface area contributed by atoms with Gasteiger partial charge in [-0.15, -0.1) is 11.3 Å². The number of hydrogen-bond donors (Lipinski definition) is 2. The van der Waals surface area contributed by atoms with Crippen molar-refractivity contribution < 1.29 is 4.74 Å². The predicted octanol–water partition coefficient (Wildman–Crippen LogP) is 2.79. The lowest BCUT2D eigenvalue weighted by molar-refractivity contribution is 0.188. The minimum absolute atomic E-state index is 0.119. The fraction of sp³-hybridized carbons (Fsp3) is 0.500. The van der Waals surface area contributed by atoms with E-state index in [1.807, 2.05) is 11.4 Å². The summed E-state index contributed by atoms with van der Waals surface area (Å²) in [6.07, 6.45) is 1.11. The minimum atomic E-state index is 0.119. The first-order chi connectivity index (χ1) is 8.60. The third-order valence-electron chi connectivity index (χ3n) is 2.54. The highest BCUT2D eigenvalue weighted by Crippen LogP contribution is 2.29. The molecule has 0 saturated heterocycles. The lowest BCUT2D eigenvalue weighted by Crippen LogP contribution is -2.17. The summed E-state index contributed by atoms with van der Waals surface area (Å²) < 4.78 is 5.90. The van der Waals surface area contributed by atoms with E-state index in [4.69, 9.17) is 10.6 Å². The van der Waals surface area contributed by atoms with Crippen LogP contribution in [-0.4, -0.2) is 16.1 Å². The Balaban J connectivity index is 2.28. The Bertz CT molecular complexity index is 526. The van der Waals surface area contributed by atoms with Gasteiger partial charge in [-0.2, -0.15) is 4.98 Å². The number of thiophene rings is 1. The number of nitrogens with zero attached hydrogens (tertiary/aromatic N) is 2. The maximum absolute atomic E-state index is 5.90. The molecule has 2 aromatic rings. The summed E-state index contributed by atoms with van der Waals surface area (Å²) in [6, 6.07) is 1.97. The largest absolute Gasteiger partial charge is 0.474 e. The van der Waals surface area contributed by atoms with Crippen LogP contribution in [0.15, 0.2) is 11.4 Å². The molecule has 18 heavy (non-hydrogen) atoms. The zero-order valence-electron chi connectivity index (χ0n) is 10.8. The standard InChI is InChI=1S/C12H18N4OS/c1-7(2)6-8(3)17-10-9-4-5-18-11(9)15-12(14-10)16-13/h4-5,7-8H,6,13H2,1-3H3,(H,14,15,16). The van der Waals surface area contributed by atoms with Gasteiger partial charge in [0, 0.05) is 0 Å². The summed E-state index contributed by atoms with van der Waals surface area (Å²) in [7, 11) is 0. The molecule has 2 rings (SSSR count). The molecule has 0 aromatic carbocycles. The van der Waals surface area contributed by atoms with E-state index in [-0.39, 0.29) is 6.10 Å². The van der Waals surface area contributed by atoms with E-state index in [2.05, 4.69) is 36.2 Å². The predicted molar refractivity (Wildman–Crippen MR) is 74.8 cm³/mol. The fourth-order valence-electron chi connectivity index (χ4n) is 1.89. The topological polar surface area (TPSA) is 73.1 Å². The lowest BCUT2D eigenvalue weighted by atomic mass is 10.1. The highest BCUT2D eigenvalue weighted by molar-refractivity contribution is 7.16. The van der Waals surface area contributed by atoms with Crippen molar-refractivity contribution in [2.75, 3.05) is 5.43 Å². The van der Waals surface area contributed by atoms with E-state index in [0.29, 0.717) is 17.7 Å². The Morgan fingerprint density at radius 1 is 1.39 bits per heavy atom. The Morgan fingerprint density at radius 3 is 2.83 bits per heavy atom. The number of nitrogen functional groups attached to an aromatic ring is 1. The minimum Gasteiger partial charge on any atom is -0.474 e. The highest BCUT2D eigenvalue weighted by atomic mass is 32.1. The van der Waals surface area contributed by atoms with Gasteiger partial charge in [0.05, 0.1) is 11.5 Å². The van der Waals surface area contributed by atoms with Crippen molar-refractivity contribution in [1.29, 1.82) is 0 Å². The first-order valence-electron chi connectivity index (χ1n) is 5.98. The second-order valence-corrected chi connectivity index (χ2v) is 5.59. The van der Waals surface area contributed by atoms with Crippen molar-refractivity contribution in [2.24, 2.45) is 11.8 Å². The number of fused-ring (bicyclic) bond motifs is 1. The molecule has 2 aromatic heterocycles. The summed E-state index contributed by atoms with van der Waals surface area (Å²) in [4.78, 5) is 9.43. The van der Waals surface area contributed by atoms with Crippen LogP contribution in [0.1, 0.15) is 27.2 Å². The van der Waals surface area contributed by atoms with Crippen LogP contribution in [0.25, 0.3) is 10.2 Å². The zero-order chi connectivity index (χ0) is 13.1. The van der Waals surface area contributed by atoms with Crippen molar-refractivity contribution >= 4 is 27.5 Å². The van der Waals surface area contributed by atoms with Crippen molar-refractivity contribution in [3.63, 3.8) is 0 Å². The Hall–Kier alpha value is -1.40. The quantitative estimate of drug-likeness (QED) is 0.643. The van der Waals surface area contributed by atoms with Crippen LogP contribution in [0.4, 0.5) is 5.95 Å². The number of anilines is 1. The van der Waals surface area contributed by atoms with Gasteiger partial charge in [-0.3, -0.25) is 5.43 Å². The van der Waals surface area contributed by atoms with E-state index < -0.39 is 0 Å². The van der Waals surface area contributed by atoms with Crippen LogP contribution in [0, 0.1) is 5.92 Å². The number of ether oxygens (including phenoxy) is 1. The molecule has 0 aliphatic rings. The Morgan fingerprint density at radius 2 is 2.17 bits per heavy atom. The number of nitrogens with two attached hydrogens (primary N) is 1. The van der Waals surface area contributed by atoms with E-state index in [9.17, 15) is 0 Å². The van der Waals surface area contributed by atoms with Crippen LogP contribution >= 0.6 is 11.3 Å². The second kappa shape index (κ2) is 5.49. The Labute approximate surface area is 110 Å². The first-order valence-corrected chi connectivity index (χ1v) is 6.86. The highest BCUT2D eigenvalue weighted by Gasteiger charge is 2.13. The molecule has 0 amide bonds. The van der Waals surface area contributed by atoms with Gasteiger partial charge in [-0.1, -0.05) is 13.8 Å². The van der Waals surface area contributed by atoms with Crippen LogP contribution in [0.5, 0.6) is 5.88 Å². The van der Waals surface area contributed by atoms with Crippen molar-refractivity contribution in [1.82, 2.24) is 9.97 Å². The van der Waals surface area contributed by atoms with Gasteiger partial charge in [0.2, 0.25) is 11.8 Å². The van der Waals surface area contributed by atoms with Gasteiger partial charge < -0.3 is 4.74 Å². The molecule has 0 fully saturated rings. The summed E-state index contributed by atoms with van der Waals surface area (Å²) in [5.41, 5.74) is 2.47. The van der Waals surface area contributed by atoms with E-state index in [1.54, 1.807) is 11.3 Å².